The molecule has 3 aromatic heterocycles. The Balaban J connectivity index is 1.13. The minimum absolute atomic E-state index is 1.14. The van der Waals surface area contributed by atoms with Crippen molar-refractivity contribution >= 4 is 123 Å². The third kappa shape index (κ3) is 4.36. The van der Waals surface area contributed by atoms with Crippen LogP contribution in [0, 0.1) is 0 Å². The van der Waals surface area contributed by atoms with Gasteiger partial charge in [0.15, 0.2) is 0 Å². The molecule has 0 aliphatic carbocycles. The lowest BCUT2D eigenvalue weighted by Gasteiger charge is -2.26. The van der Waals surface area contributed by atoms with E-state index in [0.29, 0.717) is 0 Å². The monoisotopic (exact) mass is 689 g/mol. The lowest BCUT2D eigenvalue weighted by atomic mass is 10.0. The van der Waals surface area contributed by atoms with Crippen molar-refractivity contribution in [3.8, 4) is 10.4 Å². The summed E-state index contributed by atoms with van der Waals surface area (Å²) in [6.07, 6.45) is 0. The third-order valence-corrected chi connectivity index (χ3v) is 13.6. The van der Waals surface area contributed by atoms with Crippen molar-refractivity contribution in [1.29, 1.82) is 0 Å². The molecule has 0 radical (unpaired) electrons. The molecule has 0 spiro atoms. The first-order valence-corrected chi connectivity index (χ1v) is 19.3. The van der Waals surface area contributed by atoms with Crippen LogP contribution in [-0.2, 0) is 0 Å². The second kappa shape index (κ2) is 11.0. The predicted octanol–water partition coefficient (Wildman–Crippen LogP) is 15.1. The van der Waals surface area contributed by atoms with E-state index in [4.69, 9.17) is 0 Å². The molecule has 3 heterocycles. The molecular weight excluding hydrogens is 663 g/mol. The van der Waals surface area contributed by atoms with Crippen LogP contribution in [0.5, 0.6) is 0 Å². The van der Waals surface area contributed by atoms with Crippen molar-refractivity contribution in [2.24, 2.45) is 0 Å². The summed E-state index contributed by atoms with van der Waals surface area (Å²) in [6, 6.07) is 60.7. The number of anilines is 3. The van der Waals surface area contributed by atoms with E-state index in [-0.39, 0.29) is 0 Å². The lowest BCUT2D eigenvalue weighted by Crippen LogP contribution is -2.09. The van der Waals surface area contributed by atoms with E-state index in [1.165, 1.54) is 82.4 Å². The number of hydrogen-bond acceptors (Lipinski definition) is 4. The number of nitrogens with zero attached hydrogens (tertiary/aromatic N) is 1. The van der Waals surface area contributed by atoms with Gasteiger partial charge in [0.05, 0.1) is 0 Å². The highest BCUT2D eigenvalue weighted by molar-refractivity contribution is 7.27. The van der Waals surface area contributed by atoms with E-state index in [2.05, 4.69) is 169 Å². The SMILES string of the molecule is c1ccc2sc(-c3ccc(N(c4ccc5ccc6c7ccccc7sc6c5c4)c4ccc5ccc6c7ccccc7sc6c5c4)cc3)cc2c1. The fraction of sp³-hybridized carbons (Fsp3) is 0. The van der Waals surface area contributed by atoms with Crippen molar-refractivity contribution < 1.29 is 0 Å². The molecule has 1 nitrogen and oxygen atoms in total. The van der Waals surface area contributed by atoms with E-state index in [9.17, 15) is 0 Å². The van der Waals surface area contributed by atoms with Gasteiger partial charge in [0.1, 0.15) is 0 Å². The Morgan fingerprint density at radius 2 is 0.820 bits per heavy atom. The first kappa shape index (κ1) is 28.3. The summed E-state index contributed by atoms with van der Waals surface area (Å²) in [5.41, 5.74) is 4.69. The van der Waals surface area contributed by atoms with Gasteiger partial charge in [-0.1, -0.05) is 103 Å². The molecule has 4 heteroatoms. The van der Waals surface area contributed by atoms with Crippen molar-refractivity contribution in [2.45, 2.75) is 0 Å². The number of hydrogen-bond donors (Lipinski definition) is 0. The van der Waals surface area contributed by atoms with Crippen LogP contribution in [0.25, 0.3) is 82.4 Å². The average Bonchev–Trinajstić information content (AvgIpc) is 3.89. The Hall–Kier alpha value is -5.52. The maximum Gasteiger partial charge on any atom is 0.0468 e. The summed E-state index contributed by atoms with van der Waals surface area (Å²) in [7, 11) is 0. The second-order valence-electron chi connectivity index (χ2n) is 12.9. The molecule has 11 aromatic rings. The molecule has 234 valence electrons. The first-order valence-electron chi connectivity index (χ1n) is 16.8. The molecule has 0 unspecified atom stereocenters. The Morgan fingerprint density at radius 3 is 1.40 bits per heavy atom. The zero-order valence-electron chi connectivity index (χ0n) is 26.8. The van der Waals surface area contributed by atoms with E-state index in [1.54, 1.807) is 0 Å². The minimum atomic E-state index is 1.14. The van der Waals surface area contributed by atoms with E-state index in [1.807, 2.05) is 34.0 Å². The quantitative estimate of drug-likeness (QED) is 0.178. The second-order valence-corrected chi connectivity index (χ2v) is 16.1. The number of thiophene rings is 3. The summed E-state index contributed by atoms with van der Waals surface area (Å²) in [6.45, 7) is 0. The number of rotatable bonds is 4. The van der Waals surface area contributed by atoms with Crippen LogP contribution in [0.2, 0.25) is 0 Å². The van der Waals surface area contributed by atoms with Gasteiger partial charge in [0.25, 0.3) is 0 Å². The van der Waals surface area contributed by atoms with Crippen molar-refractivity contribution in [3.05, 3.63) is 164 Å². The zero-order valence-corrected chi connectivity index (χ0v) is 29.2. The summed E-state index contributed by atoms with van der Waals surface area (Å²) in [5.74, 6) is 0. The standard InChI is InChI=1S/C46H27NS3/c1-4-10-41-31(7-1)25-44(48-41)30-15-19-32(20-16-30)47(33-21-13-28-17-23-37-35-8-2-5-11-42(35)49-45(37)39(28)26-33)34-22-14-29-18-24-38-36-9-3-6-12-43(36)50-46(38)40(29)27-34/h1-27H. The molecule has 0 aliphatic heterocycles. The Kier molecular flexibility index (Phi) is 6.23. The van der Waals surface area contributed by atoms with Crippen molar-refractivity contribution in [3.63, 3.8) is 0 Å². The molecule has 0 saturated heterocycles. The van der Waals surface area contributed by atoms with Gasteiger partial charge >= 0.3 is 0 Å². The highest BCUT2D eigenvalue weighted by Gasteiger charge is 2.18. The fourth-order valence-corrected chi connectivity index (χ4v) is 11.1. The van der Waals surface area contributed by atoms with Gasteiger partial charge in [-0.25, -0.2) is 0 Å². The van der Waals surface area contributed by atoms with Gasteiger partial charge in [-0.2, -0.15) is 0 Å². The van der Waals surface area contributed by atoms with E-state index < -0.39 is 0 Å². The Labute approximate surface area is 300 Å². The highest BCUT2D eigenvalue weighted by Crippen LogP contribution is 2.45. The molecule has 0 N–H and O–H groups in total. The van der Waals surface area contributed by atoms with Crippen LogP contribution in [0.15, 0.2) is 164 Å². The van der Waals surface area contributed by atoms with Gasteiger partial charge < -0.3 is 4.90 Å². The van der Waals surface area contributed by atoms with Gasteiger partial charge in [0, 0.05) is 77.8 Å². The van der Waals surface area contributed by atoms with Crippen molar-refractivity contribution in [2.75, 3.05) is 4.90 Å². The average molecular weight is 690 g/mol. The van der Waals surface area contributed by atoms with Crippen LogP contribution in [-0.4, -0.2) is 0 Å². The predicted molar refractivity (Wildman–Crippen MR) is 223 cm³/mol. The van der Waals surface area contributed by atoms with Crippen LogP contribution < -0.4 is 4.90 Å². The van der Waals surface area contributed by atoms with Crippen LogP contribution in [0.3, 0.4) is 0 Å². The summed E-state index contributed by atoms with van der Waals surface area (Å²) in [5, 5.41) is 11.7. The van der Waals surface area contributed by atoms with Gasteiger partial charge in [-0.3, -0.25) is 0 Å². The molecule has 0 amide bonds. The number of benzene rings is 8. The molecule has 0 saturated carbocycles. The molecule has 11 rings (SSSR count). The normalized spacial score (nSPS) is 12.0. The largest absolute Gasteiger partial charge is 0.310 e. The third-order valence-electron chi connectivity index (χ3n) is 10.0. The molecular formula is C46H27NS3. The first-order chi connectivity index (χ1) is 24.7. The zero-order chi connectivity index (χ0) is 32.8. The Morgan fingerprint density at radius 1 is 0.320 bits per heavy atom. The topological polar surface area (TPSA) is 3.24 Å². The molecule has 0 aliphatic rings. The Bertz CT molecular complexity index is 2920. The maximum atomic E-state index is 2.44. The molecule has 8 aromatic carbocycles. The fourth-order valence-electron chi connectivity index (χ4n) is 7.60. The van der Waals surface area contributed by atoms with Crippen LogP contribution >= 0.6 is 34.0 Å². The van der Waals surface area contributed by atoms with E-state index >= 15 is 0 Å². The molecule has 0 bridgehead atoms. The maximum absolute atomic E-state index is 2.44. The summed E-state index contributed by atoms with van der Waals surface area (Å²) in [4.78, 5) is 3.73. The minimum Gasteiger partial charge on any atom is -0.310 e. The summed E-state index contributed by atoms with van der Waals surface area (Å²) < 4.78 is 6.67. The molecule has 0 atom stereocenters. The van der Waals surface area contributed by atoms with Gasteiger partial charge in [0.2, 0.25) is 0 Å². The van der Waals surface area contributed by atoms with E-state index in [0.717, 1.165) is 17.1 Å². The lowest BCUT2D eigenvalue weighted by molar-refractivity contribution is 1.30. The van der Waals surface area contributed by atoms with Gasteiger partial charge in [-0.15, -0.1) is 34.0 Å². The van der Waals surface area contributed by atoms with Crippen LogP contribution in [0.1, 0.15) is 0 Å². The number of fused-ring (bicyclic) bond motifs is 11. The van der Waals surface area contributed by atoms with Crippen molar-refractivity contribution in [1.82, 2.24) is 0 Å². The van der Waals surface area contributed by atoms with Gasteiger partial charge in [-0.05, 0) is 82.4 Å². The molecule has 50 heavy (non-hydrogen) atoms. The smallest absolute Gasteiger partial charge is 0.0468 e. The highest BCUT2D eigenvalue weighted by atomic mass is 32.1. The summed E-state index contributed by atoms with van der Waals surface area (Å²) >= 11 is 5.64. The van der Waals surface area contributed by atoms with Crippen LogP contribution in [0.4, 0.5) is 17.1 Å². The molecule has 0 fully saturated rings.